The van der Waals surface area contributed by atoms with E-state index in [4.69, 9.17) is 0 Å². The Hall–Kier alpha value is -2.84. The number of aromatic nitrogens is 1. The van der Waals surface area contributed by atoms with E-state index in [-0.39, 0.29) is 0 Å². The van der Waals surface area contributed by atoms with E-state index in [0.29, 0.717) is 0 Å². The fourth-order valence-electron chi connectivity index (χ4n) is 3.42. The fraction of sp³-hybridized carbons (Fsp3) is 0. The molecule has 0 bridgehead atoms. The highest BCUT2D eigenvalue weighted by Gasteiger charge is 2.11. The minimum Gasteiger partial charge on any atom is -0.309 e. The van der Waals surface area contributed by atoms with Gasteiger partial charge in [-0.1, -0.05) is 54.6 Å². The van der Waals surface area contributed by atoms with Crippen molar-refractivity contribution in [2.24, 2.45) is 0 Å². The van der Waals surface area contributed by atoms with E-state index in [1.165, 1.54) is 37.9 Å². The van der Waals surface area contributed by atoms with Crippen molar-refractivity contribution in [3.05, 3.63) is 90.3 Å². The number of hydrogen-bond donors (Lipinski definition) is 0. The normalized spacial score (nSPS) is 11.3. The fourth-order valence-corrected chi connectivity index (χ4v) is 4.15. The molecule has 5 rings (SSSR count). The highest BCUT2D eigenvalue weighted by molar-refractivity contribution is 7.13. The number of nitrogens with zero attached hydrogens (tertiary/aromatic N) is 1. The van der Waals surface area contributed by atoms with Crippen LogP contribution < -0.4 is 0 Å². The van der Waals surface area contributed by atoms with Crippen molar-refractivity contribution in [2.75, 3.05) is 0 Å². The first-order chi connectivity index (χ1) is 11.9. The first-order valence-electron chi connectivity index (χ1n) is 8.04. The molecule has 0 saturated heterocycles. The molecule has 0 spiro atoms. The number of rotatable bonds is 2. The van der Waals surface area contributed by atoms with Crippen LogP contribution in [0.2, 0.25) is 0 Å². The van der Waals surface area contributed by atoms with Gasteiger partial charge in [-0.15, -0.1) is 11.3 Å². The third-order valence-corrected chi connectivity index (χ3v) is 5.43. The minimum absolute atomic E-state index is 1.20. The molecular weight excluding hydrogens is 310 g/mol. The molecule has 0 aliphatic heterocycles. The van der Waals surface area contributed by atoms with Crippen molar-refractivity contribution in [1.82, 2.24) is 4.57 Å². The van der Waals surface area contributed by atoms with Gasteiger partial charge in [0.1, 0.15) is 0 Å². The molecule has 3 aromatic carbocycles. The summed E-state index contributed by atoms with van der Waals surface area (Å²) in [7, 11) is 0. The van der Waals surface area contributed by atoms with Crippen LogP contribution in [0.4, 0.5) is 0 Å². The molecular formula is C22H15NS. The Kier molecular flexibility index (Phi) is 3.03. The summed E-state index contributed by atoms with van der Waals surface area (Å²) in [6.45, 7) is 0. The lowest BCUT2D eigenvalue weighted by Crippen LogP contribution is -1.93. The molecule has 0 aliphatic carbocycles. The monoisotopic (exact) mass is 325 g/mol. The summed E-state index contributed by atoms with van der Waals surface area (Å²) in [5.41, 5.74) is 4.98. The van der Waals surface area contributed by atoms with E-state index in [2.05, 4.69) is 94.9 Å². The molecule has 0 N–H and O–H groups in total. The van der Waals surface area contributed by atoms with Crippen LogP contribution in [-0.4, -0.2) is 4.57 Å². The Bertz CT molecular complexity index is 1080. The molecule has 24 heavy (non-hydrogen) atoms. The van der Waals surface area contributed by atoms with Gasteiger partial charge in [0.25, 0.3) is 0 Å². The van der Waals surface area contributed by atoms with Gasteiger partial charge >= 0.3 is 0 Å². The van der Waals surface area contributed by atoms with Crippen molar-refractivity contribution in [3.63, 3.8) is 0 Å². The van der Waals surface area contributed by atoms with Crippen LogP contribution >= 0.6 is 11.3 Å². The van der Waals surface area contributed by atoms with E-state index in [9.17, 15) is 0 Å². The molecule has 2 heterocycles. The Balaban J connectivity index is 1.76. The smallest absolute Gasteiger partial charge is 0.0541 e. The van der Waals surface area contributed by atoms with Crippen LogP contribution in [0.3, 0.4) is 0 Å². The van der Waals surface area contributed by atoms with E-state index >= 15 is 0 Å². The highest BCUT2D eigenvalue weighted by Crippen LogP contribution is 2.32. The molecule has 2 heteroatoms. The summed E-state index contributed by atoms with van der Waals surface area (Å²) in [6, 6.07) is 30.4. The zero-order chi connectivity index (χ0) is 15.9. The maximum Gasteiger partial charge on any atom is 0.0541 e. The molecule has 0 radical (unpaired) electrons. The zero-order valence-electron chi connectivity index (χ0n) is 13.0. The van der Waals surface area contributed by atoms with Gasteiger partial charge in [-0.25, -0.2) is 0 Å². The first-order valence-corrected chi connectivity index (χ1v) is 8.92. The van der Waals surface area contributed by atoms with Crippen LogP contribution in [0, 0.1) is 0 Å². The molecule has 0 saturated carbocycles. The number of hydrogen-bond acceptors (Lipinski definition) is 1. The number of thiophene rings is 1. The van der Waals surface area contributed by atoms with Gasteiger partial charge < -0.3 is 4.57 Å². The second kappa shape index (κ2) is 5.36. The summed E-state index contributed by atoms with van der Waals surface area (Å²) >= 11 is 1.78. The standard InChI is InChI=1S/C22H15NS/c1-3-8-20-18(6-1)19-7-2-4-9-21(19)23(20)17-13-11-16(12-14-17)22-10-5-15-24-22/h1-15H. The molecule has 114 valence electrons. The summed E-state index contributed by atoms with van der Waals surface area (Å²) in [5.74, 6) is 0. The lowest BCUT2D eigenvalue weighted by atomic mass is 10.1. The van der Waals surface area contributed by atoms with Gasteiger partial charge in [0, 0.05) is 21.3 Å². The van der Waals surface area contributed by atoms with Crippen LogP contribution in [-0.2, 0) is 0 Å². The lowest BCUT2D eigenvalue weighted by molar-refractivity contribution is 1.18. The van der Waals surface area contributed by atoms with Gasteiger partial charge in [-0.2, -0.15) is 0 Å². The summed E-state index contributed by atoms with van der Waals surface area (Å²) in [6.07, 6.45) is 0. The van der Waals surface area contributed by atoms with E-state index < -0.39 is 0 Å². The first kappa shape index (κ1) is 13.6. The number of para-hydroxylation sites is 2. The van der Waals surface area contributed by atoms with E-state index in [0.717, 1.165) is 0 Å². The Labute approximate surface area is 144 Å². The molecule has 0 unspecified atom stereocenters. The third-order valence-electron chi connectivity index (χ3n) is 4.51. The Morgan fingerprint density at radius 1 is 0.583 bits per heavy atom. The van der Waals surface area contributed by atoms with Crippen LogP contribution in [0.1, 0.15) is 0 Å². The summed E-state index contributed by atoms with van der Waals surface area (Å²) in [4.78, 5) is 1.31. The van der Waals surface area contributed by atoms with E-state index in [1.54, 1.807) is 11.3 Å². The molecule has 0 atom stereocenters. The topological polar surface area (TPSA) is 4.93 Å². The van der Waals surface area contributed by atoms with Crippen LogP contribution in [0.15, 0.2) is 90.3 Å². The number of benzene rings is 3. The van der Waals surface area contributed by atoms with Gasteiger partial charge in [0.2, 0.25) is 0 Å². The average Bonchev–Trinajstić information content (AvgIpc) is 3.28. The largest absolute Gasteiger partial charge is 0.309 e. The summed E-state index contributed by atoms with van der Waals surface area (Å²) < 4.78 is 2.35. The SMILES string of the molecule is c1csc(-c2ccc(-n3c4ccccc4c4ccccc43)cc2)c1. The van der Waals surface area contributed by atoms with Crippen LogP contribution in [0.25, 0.3) is 37.9 Å². The van der Waals surface area contributed by atoms with Crippen molar-refractivity contribution in [1.29, 1.82) is 0 Å². The molecule has 1 nitrogen and oxygen atoms in total. The van der Waals surface area contributed by atoms with Gasteiger partial charge in [0.15, 0.2) is 0 Å². The summed E-state index contributed by atoms with van der Waals surface area (Å²) in [5, 5.41) is 4.72. The Morgan fingerprint density at radius 2 is 1.21 bits per heavy atom. The maximum atomic E-state index is 2.35. The predicted octanol–water partition coefficient (Wildman–Crippen LogP) is 6.51. The van der Waals surface area contributed by atoms with Crippen molar-refractivity contribution < 1.29 is 0 Å². The highest BCUT2D eigenvalue weighted by atomic mass is 32.1. The van der Waals surface area contributed by atoms with Gasteiger partial charge in [-0.05, 0) is 41.3 Å². The van der Waals surface area contributed by atoms with Gasteiger partial charge in [0.05, 0.1) is 11.0 Å². The minimum atomic E-state index is 1.20. The lowest BCUT2D eigenvalue weighted by Gasteiger charge is -2.08. The molecule has 5 aromatic rings. The maximum absolute atomic E-state index is 2.35. The predicted molar refractivity (Wildman–Crippen MR) is 104 cm³/mol. The number of fused-ring (bicyclic) bond motifs is 3. The van der Waals surface area contributed by atoms with E-state index in [1.807, 2.05) is 0 Å². The van der Waals surface area contributed by atoms with Crippen molar-refractivity contribution in [2.45, 2.75) is 0 Å². The average molecular weight is 325 g/mol. The quantitative estimate of drug-likeness (QED) is 0.348. The van der Waals surface area contributed by atoms with Crippen molar-refractivity contribution in [3.8, 4) is 16.1 Å². The Morgan fingerprint density at radius 3 is 1.79 bits per heavy atom. The van der Waals surface area contributed by atoms with Gasteiger partial charge in [-0.3, -0.25) is 0 Å². The second-order valence-corrected chi connectivity index (χ2v) is 6.84. The molecule has 0 amide bonds. The van der Waals surface area contributed by atoms with Crippen LogP contribution in [0.5, 0.6) is 0 Å². The molecule has 0 aliphatic rings. The second-order valence-electron chi connectivity index (χ2n) is 5.89. The zero-order valence-corrected chi connectivity index (χ0v) is 13.8. The molecule has 2 aromatic heterocycles. The van der Waals surface area contributed by atoms with Crippen molar-refractivity contribution >= 4 is 33.1 Å². The third kappa shape index (κ3) is 2.00. The molecule has 0 fully saturated rings.